The molecular weight excluding hydrogens is 355 g/mol. The van der Waals surface area contributed by atoms with Crippen molar-refractivity contribution in [3.63, 3.8) is 0 Å². The zero-order chi connectivity index (χ0) is 19.5. The first-order valence-electron chi connectivity index (χ1n) is 7.29. The molecule has 0 fully saturated rings. The fourth-order valence-electron chi connectivity index (χ4n) is 2.09. The Kier molecular flexibility index (Phi) is 6.25. The van der Waals surface area contributed by atoms with Gasteiger partial charge in [-0.15, -0.1) is 0 Å². The van der Waals surface area contributed by atoms with E-state index in [4.69, 9.17) is 0 Å². The number of hydrogen-bond donors (Lipinski definition) is 0. The molecule has 0 N–H and O–H groups in total. The molecule has 2 nitrogen and oxygen atoms in total. The molecule has 0 aliphatic carbocycles. The number of halogens is 7. The number of ketones is 1. The van der Waals surface area contributed by atoms with Crippen molar-refractivity contribution < 1.29 is 35.5 Å². The molecule has 0 spiro atoms. The highest BCUT2D eigenvalue weighted by Gasteiger charge is 2.74. The molecule has 1 aromatic rings. The second-order valence-corrected chi connectivity index (χ2v) is 5.08. The minimum Gasteiger partial charge on any atom is -0.370 e. The van der Waals surface area contributed by atoms with Gasteiger partial charge in [-0.3, -0.25) is 4.79 Å². The third kappa shape index (κ3) is 4.13. The minimum absolute atomic E-state index is 0.113. The molecule has 0 saturated heterocycles. The van der Waals surface area contributed by atoms with Crippen LogP contribution in [0.25, 0.3) is 0 Å². The average molecular weight is 371 g/mol. The molecule has 1 aromatic carbocycles. The fourth-order valence-corrected chi connectivity index (χ4v) is 2.09. The Bertz CT molecular complexity index is 619. The van der Waals surface area contributed by atoms with Crippen LogP contribution in [-0.2, 0) is 0 Å². The van der Waals surface area contributed by atoms with Gasteiger partial charge >= 0.3 is 18.0 Å². The van der Waals surface area contributed by atoms with Crippen molar-refractivity contribution in [2.45, 2.75) is 31.9 Å². The number of allylic oxidation sites excluding steroid dienone is 2. The maximum Gasteiger partial charge on any atom is 0.460 e. The van der Waals surface area contributed by atoms with Gasteiger partial charge < -0.3 is 4.90 Å². The van der Waals surface area contributed by atoms with E-state index < -0.39 is 29.5 Å². The lowest BCUT2D eigenvalue weighted by atomic mass is 10.0. The summed E-state index contributed by atoms with van der Waals surface area (Å²) in [5.41, 5.74) is -1.79. The molecule has 0 aliphatic heterocycles. The number of nitrogens with zero attached hydrogens (tertiary/aromatic N) is 1. The van der Waals surface area contributed by atoms with Crippen LogP contribution in [0.3, 0.4) is 0 Å². The van der Waals surface area contributed by atoms with E-state index in [1.807, 2.05) is 0 Å². The summed E-state index contributed by atoms with van der Waals surface area (Å²) in [7, 11) is 0. The molecule has 0 unspecified atom stereocenters. The Balaban J connectivity index is 3.48. The van der Waals surface area contributed by atoms with Gasteiger partial charge in [0.25, 0.3) is 0 Å². The molecular formula is C16H16F7NO. The largest absolute Gasteiger partial charge is 0.460 e. The summed E-state index contributed by atoms with van der Waals surface area (Å²) in [5.74, 6) is -13.0. The molecule has 0 aromatic heterocycles. The van der Waals surface area contributed by atoms with Crippen LogP contribution in [0.2, 0.25) is 0 Å². The Morgan fingerprint density at radius 1 is 0.960 bits per heavy atom. The van der Waals surface area contributed by atoms with Crippen LogP contribution in [0.1, 0.15) is 24.2 Å². The third-order valence-corrected chi connectivity index (χ3v) is 3.50. The quantitative estimate of drug-likeness (QED) is 0.385. The van der Waals surface area contributed by atoms with Crippen molar-refractivity contribution in [1.29, 1.82) is 0 Å². The number of carbonyl (C=O) groups excluding carboxylic acids is 1. The van der Waals surface area contributed by atoms with Crippen molar-refractivity contribution in [3.8, 4) is 0 Å². The summed E-state index contributed by atoms with van der Waals surface area (Å²) in [6.07, 6.45) is -6.33. The van der Waals surface area contributed by atoms with E-state index in [0.717, 1.165) is 0 Å². The van der Waals surface area contributed by atoms with Crippen molar-refractivity contribution in [2.75, 3.05) is 13.1 Å². The maximum absolute atomic E-state index is 14.1. The smallest absolute Gasteiger partial charge is 0.370 e. The van der Waals surface area contributed by atoms with Gasteiger partial charge in [0.2, 0.25) is 0 Å². The van der Waals surface area contributed by atoms with E-state index in [1.54, 1.807) is 0 Å². The molecule has 0 heterocycles. The molecule has 1 rings (SSSR count). The summed E-state index contributed by atoms with van der Waals surface area (Å²) in [5, 5.41) is 0. The highest BCUT2D eigenvalue weighted by Crippen LogP contribution is 2.50. The van der Waals surface area contributed by atoms with Gasteiger partial charge in [-0.1, -0.05) is 30.3 Å². The van der Waals surface area contributed by atoms with E-state index in [0.29, 0.717) is 4.90 Å². The minimum atomic E-state index is -6.47. The number of rotatable bonds is 7. The SMILES string of the molecule is CCN(CC)/C(=C\C(=O)c1ccccc1)C(F)(F)C(F)(F)C(F)(F)F. The van der Waals surface area contributed by atoms with Gasteiger partial charge in [-0.05, 0) is 13.8 Å². The first kappa shape index (κ1) is 21.0. The molecule has 0 radical (unpaired) electrons. The Morgan fingerprint density at radius 2 is 1.44 bits per heavy atom. The molecule has 9 heteroatoms. The summed E-state index contributed by atoms with van der Waals surface area (Å²) in [4.78, 5) is 12.6. The van der Waals surface area contributed by atoms with Crippen molar-refractivity contribution in [1.82, 2.24) is 4.90 Å². The first-order valence-corrected chi connectivity index (χ1v) is 7.29. The van der Waals surface area contributed by atoms with Crippen LogP contribution in [0.5, 0.6) is 0 Å². The van der Waals surface area contributed by atoms with Gasteiger partial charge in [-0.2, -0.15) is 30.7 Å². The topological polar surface area (TPSA) is 20.3 Å². The number of benzene rings is 1. The van der Waals surface area contributed by atoms with Crippen LogP contribution >= 0.6 is 0 Å². The highest BCUT2D eigenvalue weighted by atomic mass is 19.4. The Morgan fingerprint density at radius 3 is 1.84 bits per heavy atom. The standard InChI is InChI=1S/C16H16F7NO/c1-3-24(4-2)13(10-12(25)11-8-6-5-7-9-11)14(17,18)15(19,20)16(21,22)23/h5-10H,3-4H2,1-2H3/b13-10-. The lowest BCUT2D eigenvalue weighted by molar-refractivity contribution is -0.347. The summed E-state index contributed by atoms with van der Waals surface area (Å²) >= 11 is 0. The summed E-state index contributed by atoms with van der Waals surface area (Å²) in [6, 6.07) is 6.80. The monoisotopic (exact) mass is 371 g/mol. The fraction of sp³-hybridized carbons (Fsp3) is 0.438. The molecule has 0 amide bonds. The second-order valence-electron chi connectivity index (χ2n) is 5.08. The predicted molar refractivity (Wildman–Crippen MR) is 77.7 cm³/mol. The van der Waals surface area contributed by atoms with E-state index >= 15 is 0 Å². The van der Waals surface area contributed by atoms with E-state index in [2.05, 4.69) is 0 Å². The zero-order valence-corrected chi connectivity index (χ0v) is 13.4. The van der Waals surface area contributed by atoms with Crippen LogP contribution in [0, 0.1) is 0 Å². The average Bonchev–Trinajstić information content (AvgIpc) is 2.54. The second kappa shape index (κ2) is 7.45. The summed E-state index contributed by atoms with van der Waals surface area (Å²) < 4.78 is 92.4. The first-order chi connectivity index (χ1) is 11.4. The van der Waals surface area contributed by atoms with E-state index in [9.17, 15) is 35.5 Å². The van der Waals surface area contributed by atoms with Gasteiger partial charge in [-0.25, -0.2) is 0 Å². The maximum atomic E-state index is 14.1. The van der Waals surface area contributed by atoms with Gasteiger partial charge in [0.15, 0.2) is 5.78 Å². The number of hydrogen-bond acceptors (Lipinski definition) is 2. The van der Waals surface area contributed by atoms with Gasteiger partial charge in [0.05, 0.1) is 5.70 Å². The number of carbonyl (C=O) groups is 1. The normalized spacial score (nSPS) is 13.7. The predicted octanol–water partition coefficient (Wildman–Crippen LogP) is 4.93. The lowest BCUT2D eigenvalue weighted by Gasteiger charge is -2.35. The van der Waals surface area contributed by atoms with E-state index in [-0.39, 0.29) is 24.7 Å². The highest BCUT2D eigenvalue weighted by molar-refractivity contribution is 6.05. The van der Waals surface area contributed by atoms with Gasteiger partial charge in [0, 0.05) is 24.7 Å². The van der Waals surface area contributed by atoms with Crippen molar-refractivity contribution in [3.05, 3.63) is 47.7 Å². The molecule has 0 saturated carbocycles. The van der Waals surface area contributed by atoms with Crippen LogP contribution in [0.4, 0.5) is 30.7 Å². The number of alkyl halides is 7. The zero-order valence-electron chi connectivity index (χ0n) is 13.4. The molecule has 0 atom stereocenters. The van der Waals surface area contributed by atoms with Crippen LogP contribution in [-0.4, -0.2) is 41.8 Å². The van der Waals surface area contributed by atoms with Crippen molar-refractivity contribution in [2.24, 2.45) is 0 Å². The Labute approximate surface area is 139 Å². The van der Waals surface area contributed by atoms with Gasteiger partial charge in [0.1, 0.15) is 0 Å². The van der Waals surface area contributed by atoms with Crippen molar-refractivity contribution >= 4 is 5.78 Å². The molecule has 25 heavy (non-hydrogen) atoms. The molecule has 0 aliphatic rings. The van der Waals surface area contributed by atoms with Crippen LogP contribution in [0.15, 0.2) is 42.1 Å². The van der Waals surface area contributed by atoms with Crippen LogP contribution < -0.4 is 0 Å². The Hall–Kier alpha value is -2.06. The molecule has 140 valence electrons. The molecule has 0 bridgehead atoms. The van der Waals surface area contributed by atoms with E-state index in [1.165, 1.54) is 44.2 Å². The lowest BCUT2D eigenvalue weighted by Crippen LogP contribution is -2.55. The third-order valence-electron chi connectivity index (χ3n) is 3.50. The summed E-state index contributed by atoms with van der Waals surface area (Å²) in [6.45, 7) is 2.03.